The van der Waals surface area contributed by atoms with Gasteiger partial charge in [-0.25, -0.2) is 0 Å². The van der Waals surface area contributed by atoms with Gasteiger partial charge in [0.25, 0.3) is 0 Å². The van der Waals surface area contributed by atoms with Crippen molar-refractivity contribution in [1.29, 1.82) is 0 Å². The van der Waals surface area contributed by atoms with Crippen LogP contribution in [0.25, 0.3) is 0 Å². The summed E-state index contributed by atoms with van der Waals surface area (Å²) in [5.41, 5.74) is 0.581. The summed E-state index contributed by atoms with van der Waals surface area (Å²) in [4.78, 5) is 0. The maximum atomic E-state index is 10.2. The first-order chi connectivity index (χ1) is 9.93. The molecule has 118 valence electrons. The summed E-state index contributed by atoms with van der Waals surface area (Å²) in [7, 11) is 0. The molecule has 0 aliphatic carbocycles. The Kier molecular flexibility index (Phi) is 5.18. The second kappa shape index (κ2) is 6.72. The topological polar surface area (TPSA) is 110 Å². The first-order valence-corrected chi connectivity index (χ1v) is 7.03. The number of hydrogen-bond donors (Lipinski definition) is 5. The number of aromatic hydroxyl groups is 1. The molecule has 0 amide bonds. The molecule has 6 heteroatoms. The molecule has 1 aromatic rings. The van der Waals surface area contributed by atoms with E-state index in [9.17, 15) is 25.5 Å². The highest BCUT2D eigenvalue weighted by molar-refractivity contribution is 5.27. The fourth-order valence-corrected chi connectivity index (χ4v) is 2.64. The number of hydrogen-bond acceptors (Lipinski definition) is 6. The van der Waals surface area contributed by atoms with Crippen molar-refractivity contribution in [3.05, 3.63) is 29.8 Å². The van der Waals surface area contributed by atoms with Gasteiger partial charge in [-0.3, -0.25) is 0 Å². The lowest BCUT2D eigenvalue weighted by molar-refractivity contribution is -0.210. The Hall–Kier alpha value is -1.18. The Morgan fingerprint density at radius 2 is 1.71 bits per heavy atom. The number of aliphatic hydroxyl groups excluding tert-OH is 4. The SMILES string of the molecule is C[C@H]1[C@H](O)[C@@H](O)[C@H](CC(O)c2ccc(O)cc2)O[C@@H]1CO. The van der Waals surface area contributed by atoms with Crippen LogP contribution in [-0.4, -0.2) is 56.6 Å². The van der Waals surface area contributed by atoms with Gasteiger partial charge in [0.15, 0.2) is 0 Å². The number of aliphatic hydroxyl groups is 4. The molecule has 2 rings (SSSR count). The van der Waals surface area contributed by atoms with Crippen molar-refractivity contribution in [2.75, 3.05) is 6.61 Å². The molecule has 5 N–H and O–H groups in total. The van der Waals surface area contributed by atoms with E-state index in [4.69, 9.17) is 4.74 Å². The van der Waals surface area contributed by atoms with E-state index in [1.165, 1.54) is 12.1 Å². The fourth-order valence-electron chi connectivity index (χ4n) is 2.64. The molecule has 1 fully saturated rings. The molecule has 6 nitrogen and oxygen atoms in total. The summed E-state index contributed by atoms with van der Waals surface area (Å²) in [6, 6.07) is 6.09. The third-order valence-electron chi connectivity index (χ3n) is 4.12. The van der Waals surface area contributed by atoms with E-state index >= 15 is 0 Å². The number of phenols is 1. The summed E-state index contributed by atoms with van der Waals surface area (Å²) in [6.07, 6.45) is -4.27. The lowest BCUT2D eigenvalue weighted by atomic mass is 9.86. The Balaban J connectivity index is 2.05. The van der Waals surface area contributed by atoms with Crippen LogP contribution in [0.3, 0.4) is 0 Å². The van der Waals surface area contributed by atoms with Crippen molar-refractivity contribution in [2.45, 2.75) is 43.9 Å². The highest BCUT2D eigenvalue weighted by Crippen LogP contribution is 2.31. The van der Waals surface area contributed by atoms with Gasteiger partial charge in [0.2, 0.25) is 0 Å². The Bertz CT molecular complexity index is 446. The third-order valence-corrected chi connectivity index (χ3v) is 4.12. The van der Waals surface area contributed by atoms with Gasteiger partial charge in [-0.15, -0.1) is 0 Å². The van der Waals surface area contributed by atoms with E-state index in [1.54, 1.807) is 19.1 Å². The zero-order valence-corrected chi connectivity index (χ0v) is 11.8. The highest BCUT2D eigenvalue weighted by atomic mass is 16.5. The standard InChI is InChI=1S/C15H22O6/c1-8-13(7-16)21-12(15(20)14(8)19)6-11(18)9-2-4-10(17)5-3-9/h2-5,8,11-20H,6-7H2,1H3/t8-,11?,12+,13-,14+,15+/m1/s1. The molecule has 0 aromatic heterocycles. The molecule has 1 unspecified atom stereocenters. The second-order valence-corrected chi connectivity index (χ2v) is 5.58. The molecule has 0 spiro atoms. The predicted octanol–water partition coefficient (Wildman–Crippen LogP) is -0.0667. The van der Waals surface area contributed by atoms with Crippen molar-refractivity contribution in [2.24, 2.45) is 5.92 Å². The van der Waals surface area contributed by atoms with Gasteiger partial charge in [-0.05, 0) is 17.7 Å². The van der Waals surface area contributed by atoms with Crippen molar-refractivity contribution in [3.8, 4) is 5.75 Å². The first kappa shape index (κ1) is 16.2. The zero-order valence-electron chi connectivity index (χ0n) is 11.8. The quantitative estimate of drug-likeness (QED) is 0.532. The van der Waals surface area contributed by atoms with Crippen LogP contribution in [0.5, 0.6) is 5.75 Å². The van der Waals surface area contributed by atoms with E-state index in [0.717, 1.165) is 0 Å². The molecular weight excluding hydrogens is 276 g/mol. The van der Waals surface area contributed by atoms with E-state index in [0.29, 0.717) is 5.56 Å². The van der Waals surface area contributed by atoms with Gasteiger partial charge < -0.3 is 30.3 Å². The van der Waals surface area contributed by atoms with E-state index < -0.39 is 30.5 Å². The third kappa shape index (κ3) is 3.53. The van der Waals surface area contributed by atoms with Crippen molar-refractivity contribution in [3.63, 3.8) is 0 Å². The van der Waals surface area contributed by atoms with Crippen molar-refractivity contribution >= 4 is 0 Å². The average Bonchev–Trinajstić information content (AvgIpc) is 2.48. The summed E-state index contributed by atoms with van der Waals surface area (Å²) >= 11 is 0. The number of ether oxygens (including phenoxy) is 1. The normalized spacial score (nSPS) is 34.6. The molecule has 0 saturated carbocycles. The molecule has 6 atom stereocenters. The molecular formula is C15H22O6. The van der Waals surface area contributed by atoms with Crippen LogP contribution < -0.4 is 0 Å². The summed E-state index contributed by atoms with van der Waals surface area (Å²) in [5, 5.41) is 48.7. The molecule has 21 heavy (non-hydrogen) atoms. The smallest absolute Gasteiger partial charge is 0.115 e. The van der Waals surface area contributed by atoms with Crippen LogP contribution in [-0.2, 0) is 4.74 Å². The van der Waals surface area contributed by atoms with E-state index in [1.807, 2.05) is 0 Å². The largest absolute Gasteiger partial charge is 0.508 e. The lowest BCUT2D eigenvalue weighted by Crippen LogP contribution is -2.54. The van der Waals surface area contributed by atoms with Crippen LogP contribution in [0.4, 0.5) is 0 Å². The van der Waals surface area contributed by atoms with Crippen molar-refractivity contribution < 1.29 is 30.3 Å². The minimum absolute atomic E-state index is 0.0895. The monoisotopic (exact) mass is 298 g/mol. The lowest BCUT2D eigenvalue weighted by Gasteiger charge is -2.41. The Labute approximate surface area is 123 Å². The number of phenolic OH excluding ortho intramolecular Hbond substituents is 1. The maximum absolute atomic E-state index is 10.2. The van der Waals surface area contributed by atoms with Crippen LogP contribution in [0.2, 0.25) is 0 Å². The second-order valence-electron chi connectivity index (χ2n) is 5.58. The molecule has 0 radical (unpaired) electrons. The van der Waals surface area contributed by atoms with Gasteiger partial charge >= 0.3 is 0 Å². The van der Waals surface area contributed by atoms with Gasteiger partial charge in [-0.1, -0.05) is 19.1 Å². The number of benzene rings is 1. The van der Waals surface area contributed by atoms with Crippen LogP contribution in [0.1, 0.15) is 25.0 Å². The van der Waals surface area contributed by atoms with Crippen LogP contribution in [0, 0.1) is 5.92 Å². The molecule has 1 aliphatic rings. The molecule has 0 bridgehead atoms. The predicted molar refractivity (Wildman–Crippen MR) is 74.6 cm³/mol. The zero-order chi connectivity index (χ0) is 15.6. The van der Waals surface area contributed by atoms with Crippen molar-refractivity contribution in [1.82, 2.24) is 0 Å². The number of rotatable bonds is 4. The minimum Gasteiger partial charge on any atom is -0.508 e. The Morgan fingerprint density at radius 1 is 1.10 bits per heavy atom. The fraction of sp³-hybridized carbons (Fsp3) is 0.600. The maximum Gasteiger partial charge on any atom is 0.115 e. The molecule has 1 saturated heterocycles. The molecule has 1 heterocycles. The Morgan fingerprint density at radius 3 is 2.29 bits per heavy atom. The van der Waals surface area contributed by atoms with E-state index in [-0.39, 0.29) is 24.7 Å². The van der Waals surface area contributed by atoms with E-state index in [2.05, 4.69) is 0 Å². The van der Waals surface area contributed by atoms with Gasteiger partial charge in [0.05, 0.1) is 31.0 Å². The minimum atomic E-state index is -1.12. The molecule has 1 aromatic carbocycles. The first-order valence-electron chi connectivity index (χ1n) is 7.03. The van der Waals surface area contributed by atoms with Crippen LogP contribution >= 0.6 is 0 Å². The summed E-state index contributed by atoms with van der Waals surface area (Å²) in [5.74, 6) is -0.281. The van der Waals surface area contributed by atoms with Gasteiger partial charge in [0, 0.05) is 12.3 Å². The van der Waals surface area contributed by atoms with Gasteiger partial charge in [-0.2, -0.15) is 0 Å². The summed E-state index contributed by atoms with van der Waals surface area (Å²) < 4.78 is 5.58. The highest BCUT2D eigenvalue weighted by Gasteiger charge is 2.42. The average molecular weight is 298 g/mol. The summed E-state index contributed by atoms with van der Waals surface area (Å²) in [6.45, 7) is 1.44. The molecule has 1 aliphatic heterocycles. The van der Waals surface area contributed by atoms with Gasteiger partial charge in [0.1, 0.15) is 11.9 Å². The van der Waals surface area contributed by atoms with Crippen LogP contribution in [0.15, 0.2) is 24.3 Å².